The van der Waals surface area contributed by atoms with Gasteiger partial charge in [-0.15, -0.1) is 0 Å². The molecule has 3 rings (SSSR count). The smallest absolute Gasteiger partial charge is 0.309 e. The van der Waals surface area contributed by atoms with E-state index in [9.17, 15) is 4.53 Å². The molecule has 1 aromatic heterocycles. The van der Waals surface area contributed by atoms with Crippen molar-refractivity contribution in [1.82, 2.24) is 19.1 Å². The average Bonchev–Trinajstić information content (AvgIpc) is 3.47. The van der Waals surface area contributed by atoms with Crippen LogP contribution < -0.4 is 15.0 Å². The Labute approximate surface area is 199 Å². The zero-order valence-corrected chi connectivity index (χ0v) is 20.2. The van der Waals surface area contributed by atoms with E-state index in [1.807, 2.05) is 13.1 Å². The van der Waals surface area contributed by atoms with Gasteiger partial charge in [0.15, 0.2) is 5.58 Å². The second-order valence-electron chi connectivity index (χ2n) is 7.74. The third kappa shape index (κ3) is 7.17. The maximum atomic E-state index is 12.3. The number of hydrogen-bond donors (Lipinski definition) is 1. The summed E-state index contributed by atoms with van der Waals surface area (Å²) < 4.78 is 27.9. The van der Waals surface area contributed by atoms with Crippen molar-refractivity contribution in [1.29, 1.82) is 0 Å². The van der Waals surface area contributed by atoms with Gasteiger partial charge in [-0.05, 0) is 55.1 Å². The molecule has 0 bridgehead atoms. The highest BCUT2D eigenvalue weighted by atomic mass is 32.2. The van der Waals surface area contributed by atoms with Gasteiger partial charge in [-0.2, -0.15) is 0 Å². The molecular weight excluding hydrogens is 443 g/mol. The molecule has 1 saturated heterocycles. The van der Waals surface area contributed by atoms with Gasteiger partial charge in [-0.3, -0.25) is 4.94 Å². The van der Waals surface area contributed by atoms with E-state index in [2.05, 4.69) is 49.7 Å². The number of halogens is 1. The zero-order valence-electron chi connectivity index (χ0n) is 19.4. The molecule has 180 valence electrons. The van der Waals surface area contributed by atoms with Crippen molar-refractivity contribution in [3.63, 3.8) is 0 Å². The summed E-state index contributed by atoms with van der Waals surface area (Å²) in [4.78, 5) is 3.67. The van der Waals surface area contributed by atoms with Gasteiger partial charge >= 0.3 is 5.88 Å². The van der Waals surface area contributed by atoms with E-state index in [4.69, 9.17) is 9.26 Å². The molecule has 0 unspecified atom stereocenters. The molecule has 1 aromatic carbocycles. The van der Waals surface area contributed by atoms with Crippen LogP contribution in [0.4, 0.5) is 4.53 Å². The fraction of sp³-hybridized carbons (Fsp3) is 0.458. The van der Waals surface area contributed by atoms with Crippen molar-refractivity contribution in [3.05, 3.63) is 54.4 Å². The molecule has 0 spiro atoms. The summed E-state index contributed by atoms with van der Waals surface area (Å²) in [6.45, 7) is 9.75. The van der Waals surface area contributed by atoms with Crippen LogP contribution in [0.25, 0.3) is 11.0 Å². The molecule has 9 heteroatoms. The predicted molar refractivity (Wildman–Crippen MR) is 131 cm³/mol. The van der Waals surface area contributed by atoms with E-state index in [0.29, 0.717) is 23.3 Å². The Morgan fingerprint density at radius 3 is 2.97 bits per heavy atom. The summed E-state index contributed by atoms with van der Waals surface area (Å²) in [6.07, 6.45) is 11.4. The van der Waals surface area contributed by atoms with Crippen LogP contribution in [0.15, 0.2) is 58.9 Å². The number of benzene rings is 1. The van der Waals surface area contributed by atoms with Gasteiger partial charge in [0.25, 0.3) is 0 Å². The predicted octanol–water partition coefficient (Wildman–Crippen LogP) is 5.79. The van der Waals surface area contributed by atoms with E-state index >= 15 is 0 Å². The Morgan fingerprint density at radius 1 is 1.33 bits per heavy atom. The molecule has 7 nitrogen and oxygen atoms in total. The van der Waals surface area contributed by atoms with Crippen LogP contribution in [0.2, 0.25) is 0 Å². The average molecular weight is 477 g/mol. The molecule has 33 heavy (non-hydrogen) atoms. The Hall–Kier alpha value is -2.65. The maximum Gasteiger partial charge on any atom is 0.309 e. The third-order valence-electron chi connectivity index (χ3n) is 5.31. The molecule has 2 aromatic rings. The second kappa shape index (κ2) is 13.2. The lowest BCUT2D eigenvalue weighted by atomic mass is 10.2. The van der Waals surface area contributed by atoms with E-state index in [1.54, 1.807) is 30.3 Å². The fourth-order valence-electron chi connectivity index (χ4n) is 3.59. The lowest BCUT2D eigenvalue weighted by molar-refractivity contribution is -0.0135. The Balaban J connectivity index is 1.36. The highest BCUT2D eigenvalue weighted by Gasteiger charge is 2.22. The summed E-state index contributed by atoms with van der Waals surface area (Å²) in [5.74, 6) is 0.509. The highest BCUT2D eigenvalue weighted by Crippen LogP contribution is 2.30. The van der Waals surface area contributed by atoms with Gasteiger partial charge in [-0.25, -0.2) is 4.31 Å². The lowest BCUT2D eigenvalue weighted by Crippen LogP contribution is -2.14. The molecule has 0 saturated carbocycles. The van der Waals surface area contributed by atoms with Crippen LogP contribution in [-0.4, -0.2) is 47.1 Å². The molecule has 1 aliphatic heterocycles. The Morgan fingerprint density at radius 2 is 2.21 bits per heavy atom. The van der Waals surface area contributed by atoms with Gasteiger partial charge in [0.2, 0.25) is 0 Å². The number of fused-ring (bicyclic) bond motifs is 1. The van der Waals surface area contributed by atoms with Crippen LogP contribution in [-0.2, 0) is 0 Å². The number of allylic oxidation sites excluding steroid dienone is 4. The minimum atomic E-state index is -0.165. The first-order chi connectivity index (χ1) is 16.2. The number of ether oxygens (including phenoxy) is 1. The van der Waals surface area contributed by atoms with Crippen molar-refractivity contribution in [3.8, 4) is 11.6 Å². The largest absolute Gasteiger partial charge is 0.493 e. The number of unbranched alkanes of at least 4 members (excludes halogenated alkanes) is 2. The van der Waals surface area contributed by atoms with Gasteiger partial charge in [0, 0.05) is 60.8 Å². The minimum Gasteiger partial charge on any atom is -0.493 e. The summed E-state index contributed by atoms with van der Waals surface area (Å²) in [5, 5.41) is 7.30. The van der Waals surface area contributed by atoms with Crippen molar-refractivity contribution in [2.75, 3.05) is 33.3 Å². The maximum absolute atomic E-state index is 12.3. The van der Waals surface area contributed by atoms with Gasteiger partial charge in [0.1, 0.15) is 5.75 Å². The van der Waals surface area contributed by atoms with E-state index in [1.165, 1.54) is 11.4 Å². The molecule has 0 amide bonds. The third-order valence-corrected chi connectivity index (χ3v) is 6.50. The van der Waals surface area contributed by atoms with Crippen molar-refractivity contribution < 1.29 is 18.7 Å². The van der Waals surface area contributed by atoms with Gasteiger partial charge in [0.05, 0.1) is 12.0 Å². The summed E-state index contributed by atoms with van der Waals surface area (Å²) >= 11 is 1.79. The first kappa shape index (κ1) is 25.0. The summed E-state index contributed by atoms with van der Waals surface area (Å²) in [6, 6.07) is 5.14. The van der Waals surface area contributed by atoms with E-state index < -0.39 is 0 Å². The van der Waals surface area contributed by atoms with Gasteiger partial charge < -0.3 is 18.9 Å². The minimum absolute atomic E-state index is 0.165. The molecule has 0 aliphatic carbocycles. The van der Waals surface area contributed by atoms with Crippen molar-refractivity contribution in [2.24, 2.45) is 0 Å². The van der Waals surface area contributed by atoms with Gasteiger partial charge in [-0.1, -0.05) is 26.0 Å². The van der Waals surface area contributed by atoms with Crippen LogP contribution in [0.5, 0.6) is 11.6 Å². The summed E-state index contributed by atoms with van der Waals surface area (Å²) in [7, 11) is 1.98. The van der Waals surface area contributed by atoms with Crippen molar-refractivity contribution in [2.45, 2.75) is 39.0 Å². The first-order valence-corrected chi connectivity index (χ1v) is 12.1. The van der Waals surface area contributed by atoms with E-state index in [-0.39, 0.29) is 5.88 Å². The normalized spacial score (nSPS) is 15.3. The number of rotatable bonds is 14. The first-order valence-electron chi connectivity index (χ1n) is 11.4. The van der Waals surface area contributed by atoms with E-state index in [0.717, 1.165) is 51.7 Å². The number of nitrogens with one attached hydrogen (secondary N) is 1. The molecule has 1 N–H and O–H groups in total. The number of hydrogen-bond acceptors (Lipinski definition) is 8. The second-order valence-corrected chi connectivity index (χ2v) is 8.86. The highest BCUT2D eigenvalue weighted by molar-refractivity contribution is 7.95. The SMILES string of the molecule is C=C/C=C(\C=C(/CCC)NC)N1CCN(CCCCCOc2ccc3c(OF)noc3c2)S1. The molecule has 1 fully saturated rings. The molecule has 0 radical (unpaired) electrons. The van der Waals surface area contributed by atoms with Crippen LogP contribution in [0, 0.1) is 0 Å². The van der Waals surface area contributed by atoms with Crippen LogP contribution in [0.1, 0.15) is 39.0 Å². The monoisotopic (exact) mass is 476 g/mol. The number of nitrogens with zero attached hydrogens (tertiary/aromatic N) is 3. The fourth-order valence-corrected chi connectivity index (χ4v) is 4.61. The van der Waals surface area contributed by atoms with Crippen LogP contribution >= 0.6 is 12.1 Å². The molecule has 1 aliphatic rings. The lowest BCUT2D eigenvalue weighted by Gasteiger charge is -2.20. The molecule has 0 atom stereocenters. The number of aromatic nitrogens is 1. The Bertz CT molecular complexity index is 962. The quantitative estimate of drug-likeness (QED) is 0.209. The molecular formula is C24H33FN4O3S. The van der Waals surface area contributed by atoms with Crippen molar-refractivity contribution >= 4 is 23.1 Å². The topological polar surface area (TPSA) is 63.0 Å². The zero-order chi connectivity index (χ0) is 23.5. The summed E-state index contributed by atoms with van der Waals surface area (Å²) in [5.41, 5.74) is 2.85. The standard InChI is InChI=1S/C24H33FN4O3S/c1-4-9-19(26-3)17-20(10-5-2)29-15-14-28(33-29)13-7-6-8-16-30-21-11-12-22-23(18-21)32-27-24(22)31-25/h5,10-12,17-18,26H,2,4,6-9,13-16H2,1,3H3/b19-17+,20-10+. The Kier molecular flexibility index (Phi) is 9.96. The van der Waals surface area contributed by atoms with Crippen LogP contribution in [0.3, 0.4) is 0 Å². The molecule has 2 heterocycles.